The van der Waals surface area contributed by atoms with Gasteiger partial charge in [-0.25, -0.2) is 0 Å². The SMILES string of the molecule is CC(C)Oc1ccc(CN2CC[C@H](O)C2)cc1. The molecule has 1 fully saturated rings. The summed E-state index contributed by atoms with van der Waals surface area (Å²) in [6.07, 6.45) is 0.974. The van der Waals surface area contributed by atoms with Gasteiger partial charge in [0.05, 0.1) is 12.2 Å². The van der Waals surface area contributed by atoms with Gasteiger partial charge in [-0.2, -0.15) is 0 Å². The molecule has 94 valence electrons. The number of rotatable bonds is 4. The summed E-state index contributed by atoms with van der Waals surface area (Å²) in [5.74, 6) is 0.921. The van der Waals surface area contributed by atoms with Gasteiger partial charge in [0.15, 0.2) is 0 Å². The number of nitrogens with zero attached hydrogens (tertiary/aromatic N) is 1. The zero-order chi connectivity index (χ0) is 12.3. The zero-order valence-electron chi connectivity index (χ0n) is 10.6. The first-order valence-electron chi connectivity index (χ1n) is 6.29. The van der Waals surface area contributed by atoms with Gasteiger partial charge in [-0.3, -0.25) is 4.90 Å². The summed E-state index contributed by atoms with van der Waals surface area (Å²) in [5, 5.41) is 9.46. The average molecular weight is 235 g/mol. The van der Waals surface area contributed by atoms with Crippen LogP contribution in [-0.2, 0) is 6.54 Å². The van der Waals surface area contributed by atoms with Gasteiger partial charge < -0.3 is 9.84 Å². The van der Waals surface area contributed by atoms with E-state index in [9.17, 15) is 5.11 Å². The van der Waals surface area contributed by atoms with Gasteiger partial charge in [0.2, 0.25) is 0 Å². The van der Waals surface area contributed by atoms with Crippen molar-refractivity contribution in [2.75, 3.05) is 13.1 Å². The van der Waals surface area contributed by atoms with Crippen molar-refractivity contribution in [1.29, 1.82) is 0 Å². The molecule has 1 saturated heterocycles. The molecule has 1 atom stereocenters. The van der Waals surface area contributed by atoms with Gasteiger partial charge in [-0.1, -0.05) is 12.1 Å². The Balaban J connectivity index is 1.89. The quantitative estimate of drug-likeness (QED) is 0.867. The second kappa shape index (κ2) is 5.52. The van der Waals surface area contributed by atoms with Crippen molar-refractivity contribution in [1.82, 2.24) is 4.90 Å². The highest BCUT2D eigenvalue weighted by atomic mass is 16.5. The van der Waals surface area contributed by atoms with Crippen molar-refractivity contribution in [3.63, 3.8) is 0 Å². The van der Waals surface area contributed by atoms with Crippen molar-refractivity contribution in [3.8, 4) is 5.75 Å². The van der Waals surface area contributed by atoms with Crippen LogP contribution in [0.2, 0.25) is 0 Å². The van der Waals surface area contributed by atoms with Gasteiger partial charge in [-0.15, -0.1) is 0 Å². The largest absolute Gasteiger partial charge is 0.491 e. The second-order valence-corrected chi connectivity index (χ2v) is 4.99. The van der Waals surface area contributed by atoms with Crippen molar-refractivity contribution in [2.24, 2.45) is 0 Å². The van der Waals surface area contributed by atoms with Crippen LogP contribution < -0.4 is 4.74 Å². The lowest BCUT2D eigenvalue weighted by Crippen LogP contribution is -2.21. The molecule has 0 aliphatic carbocycles. The van der Waals surface area contributed by atoms with Crippen LogP contribution in [0.25, 0.3) is 0 Å². The third kappa shape index (κ3) is 3.72. The first kappa shape index (κ1) is 12.4. The van der Waals surface area contributed by atoms with Crippen LogP contribution in [0, 0.1) is 0 Å². The maximum absolute atomic E-state index is 9.46. The number of hydrogen-bond acceptors (Lipinski definition) is 3. The summed E-state index contributed by atoms with van der Waals surface area (Å²) >= 11 is 0. The van der Waals surface area contributed by atoms with Gasteiger partial charge in [0, 0.05) is 19.6 Å². The van der Waals surface area contributed by atoms with E-state index in [1.54, 1.807) is 0 Å². The Labute approximate surface area is 103 Å². The fraction of sp³-hybridized carbons (Fsp3) is 0.571. The number of benzene rings is 1. The Morgan fingerprint density at radius 3 is 2.59 bits per heavy atom. The normalized spacial score (nSPS) is 21.1. The number of hydrogen-bond donors (Lipinski definition) is 1. The maximum Gasteiger partial charge on any atom is 0.119 e. The van der Waals surface area contributed by atoms with Crippen LogP contribution in [0.5, 0.6) is 5.75 Å². The third-order valence-electron chi connectivity index (χ3n) is 2.95. The molecule has 1 aliphatic rings. The highest BCUT2D eigenvalue weighted by molar-refractivity contribution is 5.27. The second-order valence-electron chi connectivity index (χ2n) is 4.99. The van der Waals surface area contributed by atoms with E-state index in [0.717, 1.165) is 31.8 Å². The van der Waals surface area contributed by atoms with E-state index in [-0.39, 0.29) is 12.2 Å². The lowest BCUT2D eigenvalue weighted by molar-refractivity contribution is 0.174. The monoisotopic (exact) mass is 235 g/mol. The number of aliphatic hydroxyl groups is 1. The standard InChI is InChI=1S/C14H21NO2/c1-11(2)17-14-5-3-12(4-6-14)9-15-8-7-13(16)10-15/h3-6,11,13,16H,7-10H2,1-2H3/t13-/m0/s1. The van der Waals surface area contributed by atoms with E-state index in [0.29, 0.717) is 0 Å². The van der Waals surface area contributed by atoms with Crippen molar-refractivity contribution in [3.05, 3.63) is 29.8 Å². The lowest BCUT2D eigenvalue weighted by atomic mass is 10.2. The molecule has 0 aromatic heterocycles. The molecule has 0 bridgehead atoms. The van der Waals surface area contributed by atoms with Gasteiger partial charge in [0.1, 0.15) is 5.75 Å². The molecular weight excluding hydrogens is 214 g/mol. The van der Waals surface area contributed by atoms with Crippen molar-refractivity contribution >= 4 is 0 Å². The molecule has 0 unspecified atom stereocenters. The molecule has 0 spiro atoms. The fourth-order valence-electron chi connectivity index (χ4n) is 2.16. The van der Waals surface area contributed by atoms with E-state index < -0.39 is 0 Å². The summed E-state index contributed by atoms with van der Waals surface area (Å²) in [5.41, 5.74) is 1.27. The molecular formula is C14H21NO2. The van der Waals surface area contributed by atoms with Crippen LogP contribution in [0.3, 0.4) is 0 Å². The average Bonchev–Trinajstić information content (AvgIpc) is 2.66. The first-order chi connectivity index (χ1) is 8.13. The van der Waals surface area contributed by atoms with Crippen LogP contribution in [0.4, 0.5) is 0 Å². The number of aliphatic hydroxyl groups excluding tert-OH is 1. The molecule has 2 rings (SSSR count). The molecule has 1 heterocycles. The van der Waals surface area contributed by atoms with E-state index in [1.165, 1.54) is 5.56 Å². The Kier molecular flexibility index (Phi) is 4.02. The minimum absolute atomic E-state index is 0.140. The van der Waals surface area contributed by atoms with Crippen LogP contribution in [0.1, 0.15) is 25.8 Å². The predicted octanol–water partition coefficient (Wildman–Crippen LogP) is 2.04. The Morgan fingerprint density at radius 2 is 2.06 bits per heavy atom. The van der Waals surface area contributed by atoms with E-state index in [1.807, 2.05) is 26.0 Å². The minimum atomic E-state index is -0.140. The molecule has 3 nitrogen and oxygen atoms in total. The number of β-amino-alcohol motifs (C(OH)–C–C–N with tert-alkyl or cyclic N) is 1. The van der Waals surface area contributed by atoms with Crippen LogP contribution >= 0.6 is 0 Å². The van der Waals surface area contributed by atoms with Crippen molar-refractivity contribution in [2.45, 2.75) is 39.0 Å². The number of likely N-dealkylation sites (tertiary alicyclic amines) is 1. The molecule has 3 heteroatoms. The lowest BCUT2D eigenvalue weighted by Gasteiger charge is -2.15. The molecule has 1 aromatic carbocycles. The predicted molar refractivity (Wildman–Crippen MR) is 68.1 cm³/mol. The minimum Gasteiger partial charge on any atom is -0.491 e. The Hall–Kier alpha value is -1.06. The highest BCUT2D eigenvalue weighted by Crippen LogP contribution is 2.17. The molecule has 1 aromatic rings. The molecule has 17 heavy (non-hydrogen) atoms. The van der Waals surface area contributed by atoms with Crippen molar-refractivity contribution < 1.29 is 9.84 Å². The van der Waals surface area contributed by atoms with Crippen LogP contribution in [-0.4, -0.2) is 35.3 Å². The van der Waals surface area contributed by atoms with E-state index in [4.69, 9.17) is 4.74 Å². The summed E-state index contributed by atoms with van der Waals surface area (Å²) in [7, 11) is 0. The smallest absolute Gasteiger partial charge is 0.119 e. The molecule has 0 radical (unpaired) electrons. The zero-order valence-corrected chi connectivity index (χ0v) is 10.6. The molecule has 0 saturated carbocycles. The van der Waals surface area contributed by atoms with Crippen LogP contribution in [0.15, 0.2) is 24.3 Å². The fourth-order valence-corrected chi connectivity index (χ4v) is 2.16. The third-order valence-corrected chi connectivity index (χ3v) is 2.95. The number of ether oxygens (including phenoxy) is 1. The van der Waals surface area contributed by atoms with E-state index >= 15 is 0 Å². The van der Waals surface area contributed by atoms with Gasteiger partial charge in [0.25, 0.3) is 0 Å². The summed E-state index contributed by atoms with van der Waals surface area (Å²) < 4.78 is 5.60. The summed E-state index contributed by atoms with van der Waals surface area (Å²) in [6, 6.07) is 8.23. The first-order valence-corrected chi connectivity index (χ1v) is 6.29. The molecule has 1 aliphatic heterocycles. The molecule has 1 N–H and O–H groups in total. The van der Waals surface area contributed by atoms with Gasteiger partial charge in [-0.05, 0) is 38.0 Å². The molecule has 0 amide bonds. The Bertz CT molecular complexity index is 348. The maximum atomic E-state index is 9.46. The van der Waals surface area contributed by atoms with E-state index in [2.05, 4.69) is 17.0 Å². The highest BCUT2D eigenvalue weighted by Gasteiger charge is 2.19. The topological polar surface area (TPSA) is 32.7 Å². The summed E-state index contributed by atoms with van der Waals surface area (Å²) in [4.78, 5) is 2.28. The Morgan fingerprint density at radius 1 is 1.35 bits per heavy atom. The summed E-state index contributed by atoms with van der Waals surface area (Å²) in [6.45, 7) is 6.76. The van der Waals surface area contributed by atoms with Gasteiger partial charge >= 0.3 is 0 Å².